The van der Waals surface area contributed by atoms with Crippen LogP contribution in [0.3, 0.4) is 0 Å². The van der Waals surface area contributed by atoms with E-state index in [1.807, 2.05) is 0 Å². The van der Waals surface area contributed by atoms with Gasteiger partial charge in [0.2, 0.25) is 5.91 Å². The summed E-state index contributed by atoms with van der Waals surface area (Å²) < 4.78 is 0. The summed E-state index contributed by atoms with van der Waals surface area (Å²) in [6.45, 7) is 0. The van der Waals surface area contributed by atoms with E-state index in [-0.39, 0.29) is 11.1 Å². The van der Waals surface area contributed by atoms with Gasteiger partial charge < -0.3 is 5.32 Å². The van der Waals surface area contributed by atoms with Gasteiger partial charge in [-0.05, 0) is 36.7 Å². The normalized spacial score (nSPS) is 21.0. The van der Waals surface area contributed by atoms with Crippen molar-refractivity contribution in [3.63, 3.8) is 0 Å². The van der Waals surface area contributed by atoms with Crippen LogP contribution >= 0.6 is 11.6 Å². The average Bonchev–Trinajstić information content (AvgIpc) is 2.81. The molecule has 0 spiro atoms. The third-order valence-corrected chi connectivity index (χ3v) is 4.83. The molecule has 4 nitrogen and oxygen atoms in total. The van der Waals surface area contributed by atoms with Gasteiger partial charge in [-0.3, -0.25) is 9.78 Å². The smallest absolute Gasteiger partial charge is 0.225 e. The molecule has 1 saturated carbocycles. The molecule has 2 atom stereocenters. The lowest BCUT2D eigenvalue weighted by molar-refractivity contribution is -0.117. The molecule has 1 amide bonds. The summed E-state index contributed by atoms with van der Waals surface area (Å²) in [5.74, 6) is 1.37. The van der Waals surface area contributed by atoms with Crippen LogP contribution in [0.25, 0.3) is 0 Å². The molecule has 1 aliphatic rings. The molecule has 1 N–H and O–H groups in total. The third kappa shape index (κ3) is 4.78. The topological polar surface area (TPSA) is 54.9 Å². The summed E-state index contributed by atoms with van der Waals surface area (Å²) in [6.07, 6.45) is 9.31. The first-order valence-corrected chi connectivity index (χ1v) is 8.91. The Hall–Kier alpha value is -1.94. The van der Waals surface area contributed by atoms with Gasteiger partial charge in [0.1, 0.15) is 5.15 Å². The van der Waals surface area contributed by atoms with E-state index < -0.39 is 0 Å². The SMILES string of the molecule is O=C(CC1CCCCC(c2ccccc2)C1)Nc1cncc(Cl)n1. The second-order valence-corrected chi connectivity index (χ2v) is 6.86. The Morgan fingerprint density at radius 3 is 2.75 bits per heavy atom. The maximum Gasteiger partial charge on any atom is 0.225 e. The standard InChI is InChI=1S/C19H22ClN3O/c20-17-12-21-13-18(22-17)23-19(24)11-14-6-4-5-9-16(10-14)15-7-2-1-3-8-15/h1-3,7-8,12-14,16H,4-6,9-11H2,(H,22,23,24). The van der Waals surface area contributed by atoms with Crippen LogP contribution in [0, 0.1) is 5.92 Å². The number of halogens is 1. The van der Waals surface area contributed by atoms with Crippen molar-refractivity contribution in [1.82, 2.24) is 9.97 Å². The number of nitrogens with zero attached hydrogens (tertiary/aromatic N) is 2. The molecule has 24 heavy (non-hydrogen) atoms. The lowest BCUT2D eigenvalue weighted by Crippen LogP contribution is -2.18. The van der Waals surface area contributed by atoms with Crippen molar-refractivity contribution in [1.29, 1.82) is 0 Å². The molecule has 126 valence electrons. The van der Waals surface area contributed by atoms with Gasteiger partial charge in [-0.25, -0.2) is 4.98 Å². The summed E-state index contributed by atoms with van der Waals surface area (Å²) >= 11 is 5.80. The molecule has 2 unspecified atom stereocenters. The molecule has 2 aromatic rings. The Bertz CT molecular complexity index is 677. The van der Waals surface area contributed by atoms with Crippen molar-refractivity contribution < 1.29 is 4.79 Å². The van der Waals surface area contributed by atoms with E-state index in [4.69, 9.17) is 11.6 Å². The molecule has 0 saturated heterocycles. The predicted molar refractivity (Wildman–Crippen MR) is 96.0 cm³/mol. The molecule has 1 fully saturated rings. The summed E-state index contributed by atoms with van der Waals surface area (Å²) in [7, 11) is 0. The van der Waals surface area contributed by atoms with Crippen molar-refractivity contribution in [2.45, 2.75) is 44.4 Å². The van der Waals surface area contributed by atoms with Gasteiger partial charge in [0.05, 0.1) is 12.4 Å². The number of amides is 1. The first kappa shape index (κ1) is 16.9. The summed E-state index contributed by atoms with van der Waals surface area (Å²) in [5.41, 5.74) is 1.39. The van der Waals surface area contributed by atoms with Crippen LogP contribution in [0.5, 0.6) is 0 Å². The number of rotatable bonds is 4. The highest BCUT2D eigenvalue weighted by molar-refractivity contribution is 6.29. The van der Waals surface area contributed by atoms with Gasteiger partial charge in [-0.1, -0.05) is 54.8 Å². The quantitative estimate of drug-likeness (QED) is 0.809. The van der Waals surface area contributed by atoms with E-state index in [0.717, 1.165) is 12.8 Å². The van der Waals surface area contributed by atoms with Gasteiger partial charge in [-0.15, -0.1) is 0 Å². The Morgan fingerprint density at radius 2 is 1.96 bits per heavy atom. The number of carbonyl (C=O) groups is 1. The first-order valence-electron chi connectivity index (χ1n) is 8.53. The Morgan fingerprint density at radius 1 is 1.17 bits per heavy atom. The number of hydrogen-bond acceptors (Lipinski definition) is 3. The van der Waals surface area contributed by atoms with E-state index in [2.05, 4.69) is 45.6 Å². The number of hydrogen-bond donors (Lipinski definition) is 1. The fraction of sp³-hybridized carbons (Fsp3) is 0.421. The van der Waals surface area contributed by atoms with Gasteiger partial charge in [-0.2, -0.15) is 0 Å². The molecule has 1 aromatic carbocycles. The number of carbonyl (C=O) groups excluding carboxylic acids is 1. The minimum Gasteiger partial charge on any atom is -0.309 e. The highest BCUT2D eigenvalue weighted by Crippen LogP contribution is 2.36. The maximum absolute atomic E-state index is 12.3. The van der Waals surface area contributed by atoms with Crippen LogP contribution in [-0.4, -0.2) is 15.9 Å². The summed E-state index contributed by atoms with van der Waals surface area (Å²) in [6, 6.07) is 10.7. The molecule has 3 rings (SSSR count). The van der Waals surface area contributed by atoms with Crippen LogP contribution in [-0.2, 0) is 4.79 Å². The van der Waals surface area contributed by atoms with E-state index in [1.165, 1.54) is 37.2 Å². The Balaban J connectivity index is 1.60. The van der Waals surface area contributed by atoms with Gasteiger partial charge in [0, 0.05) is 6.42 Å². The van der Waals surface area contributed by atoms with Crippen molar-refractivity contribution in [2.75, 3.05) is 5.32 Å². The highest BCUT2D eigenvalue weighted by Gasteiger charge is 2.23. The van der Waals surface area contributed by atoms with E-state index in [1.54, 1.807) is 0 Å². The van der Waals surface area contributed by atoms with Crippen LogP contribution < -0.4 is 5.32 Å². The number of aromatic nitrogens is 2. The molecule has 0 bridgehead atoms. The van der Waals surface area contributed by atoms with Gasteiger partial charge in [0.15, 0.2) is 5.82 Å². The number of anilines is 1. The fourth-order valence-electron chi connectivity index (χ4n) is 3.53. The molecule has 1 aromatic heterocycles. The highest BCUT2D eigenvalue weighted by atomic mass is 35.5. The average molecular weight is 344 g/mol. The van der Waals surface area contributed by atoms with Crippen LogP contribution in [0.15, 0.2) is 42.7 Å². The van der Waals surface area contributed by atoms with E-state index >= 15 is 0 Å². The van der Waals surface area contributed by atoms with Crippen LogP contribution in [0.1, 0.15) is 50.0 Å². The Kier molecular flexibility index (Phi) is 5.81. The van der Waals surface area contributed by atoms with Gasteiger partial charge >= 0.3 is 0 Å². The summed E-state index contributed by atoms with van der Waals surface area (Å²) in [5, 5.41) is 3.09. The second-order valence-electron chi connectivity index (χ2n) is 6.47. The molecule has 1 heterocycles. The molecular formula is C19H22ClN3O. The van der Waals surface area contributed by atoms with E-state index in [9.17, 15) is 4.79 Å². The fourth-order valence-corrected chi connectivity index (χ4v) is 3.68. The first-order chi connectivity index (χ1) is 11.7. The zero-order valence-corrected chi connectivity index (χ0v) is 14.4. The van der Waals surface area contributed by atoms with Crippen LogP contribution in [0.2, 0.25) is 5.15 Å². The van der Waals surface area contributed by atoms with Crippen molar-refractivity contribution >= 4 is 23.3 Å². The lowest BCUT2D eigenvalue weighted by Gasteiger charge is -2.20. The van der Waals surface area contributed by atoms with E-state index in [0.29, 0.717) is 24.1 Å². The largest absolute Gasteiger partial charge is 0.309 e. The third-order valence-electron chi connectivity index (χ3n) is 4.65. The van der Waals surface area contributed by atoms with Crippen LogP contribution in [0.4, 0.5) is 5.82 Å². The minimum absolute atomic E-state index is 0.00900. The number of nitrogens with one attached hydrogen (secondary N) is 1. The molecule has 0 radical (unpaired) electrons. The zero-order chi connectivity index (χ0) is 16.8. The predicted octanol–water partition coefficient (Wildman–Crippen LogP) is 4.82. The molecule has 1 aliphatic carbocycles. The second kappa shape index (κ2) is 8.25. The maximum atomic E-state index is 12.3. The van der Waals surface area contributed by atoms with Gasteiger partial charge in [0.25, 0.3) is 0 Å². The molecular weight excluding hydrogens is 322 g/mol. The lowest BCUT2D eigenvalue weighted by atomic mass is 9.86. The van der Waals surface area contributed by atoms with Crippen molar-refractivity contribution in [3.05, 3.63) is 53.4 Å². The van der Waals surface area contributed by atoms with Crippen molar-refractivity contribution in [2.24, 2.45) is 5.92 Å². The summed E-state index contributed by atoms with van der Waals surface area (Å²) in [4.78, 5) is 20.3. The monoisotopic (exact) mass is 343 g/mol. The molecule has 0 aliphatic heterocycles. The van der Waals surface area contributed by atoms with Crippen molar-refractivity contribution in [3.8, 4) is 0 Å². The minimum atomic E-state index is -0.00900. The number of benzene rings is 1. The molecule has 5 heteroatoms. The zero-order valence-electron chi connectivity index (χ0n) is 13.6. The Labute approximate surface area is 147 Å².